The number of thioether (sulfide) groups is 1. The minimum atomic E-state index is 0.0486. The van der Waals surface area contributed by atoms with Crippen molar-refractivity contribution in [3.8, 4) is 0 Å². The lowest BCUT2D eigenvalue weighted by molar-refractivity contribution is 0.562. The molecule has 0 spiro atoms. The second kappa shape index (κ2) is 6.04. The Labute approximate surface area is 125 Å². The van der Waals surface area contributed by atoms with Crippen molar-refractivity contribution >= 4 is 23.1 Å². The van der Waals surface area contributed by atoms with Gasteiger partial charge in [-0.05, 0) is 18.7 Å². The highest BCUT2D eigenvalue weighted by atomic mass is 32.2. The molecule has 2 aromatic heterocycles. The number of nitrogens with zero attached hydrogens (tertiary/aromatic N) is 3. The molecule has 0 radical (unpaired) electrons. The first kappa shape index (κ1) is 15.2. The maximum absolute atomic E-state index is 4.65. The molecule has 2 heterocycles. The van der Waals surface area contributed by atoms with E-state index in [9.17, 15) is 0 Å². The maximum Gasteiger partial charge on any atom is 0.152 e. The van der Waals surface area contributed by atoms with Gasteiger partial charge in [0.25, 0.3) is 0 Å². The highest BCUT2D eigenvalue weighted by Crippen LogP contribution is 2.24. The molecule has 0 fully saturated rings. The zero-order chi connectivity index (χ0) is 14.8. The van der Waals surface area contributed by atoms with Crippen LogP contribution in [0, 0.1) is 0 Å². The van der Waals surface area contributed by atoms with Gasteiger partial charge in [0.2, 0.25) is 0 Å². The monoisotopic (exact) mass is 292 g/mol. The highest BCUT2D eigenvalue weighted by molar-refractivity contribution is 7.99. The Morgan fingerprint density at radius 1 is 1.40 bits per heavy atom. The average molecular weight is 292 g/mol. The number of rotatable bonds is 5. The summed E-state index contributed by atoms with van der Waals surface area (Å²) in [5.74, 6) is 3.14. The predicted octanol–water partition coefficient (Wildman–Crippen LogP) is 3.58. The molecule has 0 aliphatic rings. The first-order valence-electron chi connectivity index (χ1n) is 7.11. The van der Waals surface area contributed by atoms with E-state index in [0.717, 1.165) is 28.5 Å². The molecular formula is C15H24N4S. The molecule has 0 aliphatic carbocycles. The highest BCUT2D eigenvalue weighted by Gasteiger charge is 2.19. The molecule has 0 aromatic carbocycles. The predicted molar refractivity (Wildman–Crippen MR) is 87.8 cm³/mol. The summed E-state index contributed by atoms with van der Waals surface area (Å²) in [6.45, 7) is 10.9. The summed E-state index contributed by atoms with van der Waals surface area (Å²) >= 11 is 1.94. The summed E-state index contributed by atoms with van der Waals surface area (Å²) in [4.78, 5) is 4.47. The Morgan fingerprint density at radius 2 is 2.15 bits per heavy atom. The molecule has 20 heavy (non-hydrogen) atoms. The van der Waals surface area contributed by atoms with Crippen LogP contribution in [-0.4, -0.2) is 32.1 Å². The summed E-state index contributed by atoms with van der Waals surface area (Å²) in [7, 11) is 0. The van der Waals surface area contributed by atoms with E-state index >= 15 is 0 Å². The van der Waals surface area contributed by atoms with E-state index in [0.29, 0.717) is 6.04 Å². The third-order valence-corrected chi connectivity index (χ3v) is 4.26. The smallest absolute Gasteiger partial charge is 0.152 e. The summed E-state index contributed by atoms with van der Waals surface area (Å²) in [6, 6.07) is 2.53. The fraction of sp³-hybridized carbons (Fsp3) is 0.600. The molecule has 4 nitrogen and oxygen atoms in total. The van der Waals surface area contributed by atoms with Crippen molar-refractivity contribution in [1.82, 2.24) is 14.6 Å². The van der Waals surface area contributed by atoms with Gasteiger partial charge in [0.1, 0.15) is 5.52 Å². The van der Waals surface area contributed by atoms with Gasteiger partial charge in [-0.2, -0.15) is 16.9 Å². The second-order valence-electron chi connectivity index (χ2n) is 6.09. The first-order chi connectivity index (χ1) is 9.41. The Kier molecular flexibility index (Phi) is 4.58. The summed E-state index contributed by atoms with van der Waals surface area (Å²) in [6.07, 6.45) is 3.70. The summed E-state index contributed by atoms with van der Waals surface area (Å²) in [5, 5.41) is 8.14. The van der Waals surface area contributed by atoms with Crippen molar-refractivity contribution in [2.45, 2.75) is 46.1 Å². The van der Waals surface area contributed by atoms with Crippen molar-refractivity contribution in [2.24, 2.45) is 0 Å². The van der Waals surface area contributed by atoms with E-state index in [1.807, 2.05) is 22.5 Å². The van der Waals surface area contributed by atoms with E-state index in [4.69, 9.17) is 0 Å². The molecule has 0 aliphatic heterocycles. The number of fused-ring (bicyclic) bond motifs is 1. The number of anilines is 1. The van der Waals surface area contributed by atoms with Crippen LogP contribution >= 0.6 is 11.8 Å². The largest absolute Gasteiger partial charge is 0.365 e. The topological polar surface area (TPSA) is 42.2 Å². The van der Waals surface area contributed by atoms with Crippen LogP contribution in [0.3, 0.4) is 0 Å². The molecule has 1 atom stereocenters. The molecule has 2 aromatic rings. The zero-order valence-electron chi connectivity index (χ0n) is 13.0. The zero-order valence-corrected chi connectivity index (χ0v) is 13.8. The third-order valence-electron chi connectivity index (χ3n) is 3.11. The van der Waals surface area contributed by atoms with Crippen molar-refractivity contribution in [1.29, 1.82) is 0 Å². The third kappa shape index (κ3) is 3.45. The van der Waals surface area contributed by atoms with Crippen LogP contribution in [0.1, 0.15) is 40.3 Å². The van der Waals surface area contributed by atoms with Crippen molar-refractivity contribution in [3.63, 3.8) is 0 Å². The Morgan fingerprint density at radius 3 is 2.80 bits per heavy atom. The first-order valence-corrected chi connectivity index (χ1v) is 8.26. The molecular weight excluding hydrogens is 268 g/mol. The molecule has 1 N–H and O–H groups in total. The molecule has 0 bridgehead atoms. The lowest BCUT2D eigenvalue weighted by Crippen LogP contribution is -2.19. The van der Waals surface area contributed by atoms with Gasteiger partial charge in [0.05, 0.1) is 5.69 Å². The van der Waals surface area contributed by atoms with Gasteiger partial charge in [0, 0.05) is 29.6 Å². The van der Waals surface area contributed by atoms with Gasteiger partial charge >= 0.3 is 0 Å². The van der Waals surface area contributed by atoms with Gasteiger partial charge in [-0.15, -0.1) is 0 Å². The van der Waals surface area contributed by atoms with E-state index in [-0.39, 0.29) is 5.41 Å². The van der Waals surface area contributed by atoms with E-state index in [1.165, 1.54) is 0 Å². The van der Waals surface area contributed by atoms with Crippen molar-refractivity contribution in [2.75, 3.05) is 16.8 Å². The van der Waals surface area contributed by atoms with E-state index < -0.39 is 0 Å². The van der Waals surface area contributed by atoms with Crippen LogP contribution < -0.4 is 5.32 Å². The minimum Gasteiger partial charge on any atom is -0.365 e. The van der Waals surface area contributed by atoms with Gasteiger partial charge in [-0.1, -0.05) is 27.7 Å². The van der Waals surface area contributed by atoms with E-state index in [1.54, 1.807) is 6.20 Å². The van der Waals surface area contributed by atoms with E-state index in [2.05, 4.69) is 56.1 Å². The van der Waals surface area contributed by atoms with Crippen LogP contribution in [0.25, 0.3) is 5.52 Å². The fourth-order valence-electron chi connectivity index (χ4n) is 1.97. The van der Waals surface area contributed by atoms with Crippen LogP contribution in [0.2, 0.25) is 0 Å². The maximum atomic E-state index is 4.65. The van der Waals surface area contributed by atoms with Gasteiger partial charge in [-0.3, -0.25) is 0 Å². The molecule has 1 unspecified atom stereocenters. The molecule has 0 saturated carbocycles. The average Bonchev–Trinajstić information content (AvgIpc) is 2.81. The van der Waals surface area contributed by atoms with Gasteiger partial charge in [-0.25, -0.2) is 9.50 Å². The van der Waals surface area contributed by atoms with Crippen LogP contribution in [0.5, 0.6) is 0 Å². The molecule has 110 valence electrons. The minimum absolute atomic E-state index is 0.0486. The summed E-state index contributed by atoms with van der Waals surface area (Å²) in [5.41, 5.74) is 2.18. The Balaban J connectivity index is 2.27. The SMILES string of the molecule is CCSCC(C)Nc1nccn2nc(C(C)(C)C)cc12. The number of hydrogen-bond donors (Lipinski definition) is 1. The molecule has 2 rings (SSSR count). The molecule has 0 saturated heterocycles. The normalized spacial score (nSPS) is 13.7. The lowest BCUT2D eigenvalue weighted by Gasteiger charge is -2.14. The van der Waals surface area contributed by atoms with Crippen molar-refractivity contribution < 1.29 is 0 Å². The second-order valence-corrected chi connectivity index (χ2v) is 7.41. The van der Waals surface area contributed by atoms with Gasteiger partial charge in [0.15, 0.2) is 5.82 Å². The van der Waals surface area contributed by atoms with Crippen LogP contribution in [0.4, 0.5) is 5.82 Å². The lowest BCUT2D eigenvalue weighted by atomic mass is 9.92. The molecule has 0 amide bonds. The molecule has 5 heteroatoms. The fourth-order valence-corrected chi connectivity index (χ4v) is 2.64. The Hall–Kier alpha value is -1.23. The summed E-state index contributed by atoms with van der Waals surface area (Å²) < 4.78 is 1.91. The van der Waals surface area contributed by atoms with Gasteiger partial charge < -0.3 is 5.32 Å². The standard InChI is InChI=1S/C15H24N4S/c1-6-20-10-11(2)17-14-12-9-13(15(3,4)5)18-19(12)8-7-16-14/h7-9,11H,6,10H2,1-5H3,(H,16,17). The van der Waals surface area contributed by atoms with Crippen LogP contribution in [0.15, 0.2) is 18.5 Å². The number of nitrogens with one attached hydrogen (secondary N) is 1. The number of hydrogen-bond acceptors (Lipinski definition) is 4. The number of aromatic nitrogens is 3. The van der Waals surface area contributed by atoms with Crippen molar-refractivity contribution in [3.05, 3.63) is 24.2 Å². The van der Waals surface area contributed by atoms with Crippen LogP contribution in [-0.2, 0) is 5.41 Å². The Bertz CT molecular complexity index is 571. The quantitative estimate of drug-likeness (QED) is 0.914.